The molecule has 0 fully saturated rings. The molecule has 0 bridgehead atoms. The van der Waals surface area contributed by atoms with E-state index in [2.05, 4.69) is 14.8 Å². The molecule has 4 heteroatoms. The molecule has 0 saturated carbocycles. The van der Waals surface area contributed by atoms with Crippen molar-refractivity contribution in [3.05, 3.63) is 0 Å². The molecule has 0 radical (unpaired) electrons. The van der Waals surface area contributed by atoms with Gasteiger partial charge in [-0.15, -0.1) is 9.32 Å². The number of rotatable bonds is 3. The Morgan fingerprint density at radius 3 is 2.50 bits per heavy atom. The van der Waals surface area contributed by atoms with Crippen LogP contribution in [0.2, 0.25) is 0 Å². The zero-order valence-electron chi connectivity index (χ0n) is 3.72. The van der Waals surface area contributed by atoms with Gasteiger partial charge < -0.3 is 0 Å². The highest BCUT2D eigenvalue weighted by Gasteiger charge is 1.71. The summed E-state index contributed by atoms with van der Waals surface area (Å²) in [6.45, 7) is 0. The number of hydrogen-bond donors (Lipinski definition) is 1. The lowest BCUT2D eigenvalue weighted by Gasteiger charge is -1.90. The van der Waals surface area contributed by atoms with Crippen LogP contribution in [0.25, 0.3) is 0 Å². The van der Waals surface area contributed by atoms with E-state index in [0.717, 1.165) is 12.0 Å². The van der Waals surface area contributed by atoms with Gasteiger partial charge in [0, 0.05) is 25.3 Å². The smallest absolute Gasteiger partial charge is 0.0300 e. The van der Waals surface area contributed by atoms with Crippen molar-refractivity contribution >= 4 is 12.0 Å². The Morgan fingerprint density at radius 2 is 2.33 bits per heavy atom. The van der Waals surface area contributed by atoms with E-state index in [1.807, 2.05) is 0 Å². The molecule has 0 aromatic rings. The van der Waals surface area contributed by atoms with Crippen molar-refractivity contribution in [1.29, 1.82) is 0 Å². The molecule has 0 saturated heterocycles. The highest BCUT2D eigenvalue weighted by Crippen LogP contribution is 1.90. The molecule has 0 spiro atoms. The highest BCUT2D eigenvalue weighted by molar-refractivity contribution is 7.93. The summed E-state index contributed by atoms with van der Waals surface area (Å²) >= 11 is 1.14. The molecule has 0 aliphatic heterocycles. The maximum absolute atomic E-state index is 4.29. The topological polar surface area (TPSA) is 30.5 Å². The SMILES string of the molecule is CNOOSC. The first-order valence-corrected chi connectivity index (χ1v) is 2.60. The summed E-state index contributed by atoms with van der Waals surface area (Å²) in [6.07, 6.45) is 1.76. The molecule has 38 valence electrons. The zero-order valence-corrected chi connectivity index (χ0v) is 4.54. The van der Waals surface area contributed by atoms with Crippen LogP contribution < -0.4 is 5.48 Å². The molecule has 3 nitrogen and oxygen atoms in total. The molecular formula is C2H7NO2S. The predicted octanol–water partition coefficient (Wildman–Crippen LogP) is 0.347. The Labute approximate surface area is 41.1 Å². The largest absolute Gasteiger partial charge is 0.172 e. The van der Waals surface area contributed by atoms with Crippen LogP contribution in [0.1, 0.15) is 0 Å². The van der Waals surface area contributed by atoms with Crippen LogP contribution in [0, 0.1) is 0 Å². The highest BCUT2D eigenvalue weighted by atomic mass is 32.2. The van der Waals surface area contributed by atoms with Crippen LogP contribution in [0.4, 0.5) is 0 Å². The van der Waals surface area contributed by atoms with Crippen molar-refractivity contribution in [2.75, 3.05) is 13.3 Å². The average Bonchev–Trinajstić information content (AvgIpc) is 1.61. The van der Waals surface area contributed by atoms with E-state index in [4.69, 9.17) is 0 Å². The molecule has 0 aliphatic carbocycles. The minimum Gasteiger partial charge on any atom is -0.172 e. The number of nitrogens with one attached hydrogen (secondary N) is 1. The zero-order chi connectivity index (χ0) is 4.83. The van der Waals surface area contributed by atoms with Crippen molar-refractivity contribution < 1.29 is 9.32 Å². The summed E-state index contributed by atoms with van der Waals surface area (Å²) in [6, 6.07) is 0. The summed E-state index contributed by atoms with van der Waals surface area (Å²) in [4.78, 5) is 4.20. The summed E-state index contributed by atoms with van der Waals surface area (Å²) in [7, 11) is 1.62. The predicted molar refractivity (Wildman–Crippen MR) is 24.7 cm³/mol. The molecule has 1 N–H and O–H groups in total. The van der Waals surface area contributed by atoms with E-state index in [0.29, 0.717) is 0 Å². The monoisotopic (exact) mass is 109 g/mol. The molecule has 0 aliphatic rings. The van der Waals surface area contributed by atoms with Gasteiger partial charge in [-0.2, -0.15) is 5.48 Å². The third kappa shape index (κ3) is 4.23. The van der Waals surface area contributed by atoms with Crippen LogP contribution in [-0.2, 0) is 9.32 Å². The van der Waals surface area contributed by atoms with Gasteiger partial charge in [0.25, 0.3) is 0 Å². The van der Waals surface area contributed by atoms with Crippen molar-refractivity contribution in [3.63, 3.8) is 0 Å². The van der Waals surface area contributed by atoms with Crippen LogP contribution in [-0.4, -0.2) is 13.3 Å². The van der Waals surface area contributed by atoms with Crippen molar-refractivity contribution in [2.24, 2.45) is 0 Å². The lowest BCUT2D eigenvalue weighted by molar-refractivity contribution is -0.237. The molecule has 0 aromatic carbocycles. The Morgan fingerprint density at radius 1 is 1.67 bits per heavy atom. The lowest BCUT2D eigenvalue weighted by Crippen LogP contribution is -2.03. The van der Waals surface area contributed by atoms with E-state index >= 15 is 0 Å². The maximum Gasteiger partial charge on any atom is 0.0300 e. The third-order valence-corrected chi connectivity index (χ3v) is 0.390. The van der Waals surface area contributed by atoms with Crippen molar-refractivity contribution in [3.8, 4) is 0 Å². The fourth-order valence-electron chi connectivity index (χ4n) is 0.0680. The number of hydroxylamine groups is 1. The van der Waals surface area contributed by atoms with Gasteiger partial charge >= 0.3 is 0 Å². The van der Waals surface area contributed by atoms with Gasteiger partial charge in [-0.05, 0) is 0 Å². The normalized spacial score (nSPS) is 9.00. The van der Waals surface area contributed by atoms with Gasteiger partial charge in [0.2, 0.25) is 0 Å². The molecular weight excluding hydrogens is 102 g/mol. The average molecular weight is 109 g/mol. The second-order valence-electron chi connectivity index (χ2n) is 0.522. The lowest BCUT2D eigenvalue weighted by atomic mass is 11.6. The van der Waals surface area contributed by atoms with Crippen molar-refractivity contribution in [2.45, 2.75) is 0 Å². The second-order valence-corrected chi connectivity index (χ2v) is 0.992. The Hall–Kier alpha value is 0.230. The first-order valence-electron chi connectivity index (χ1n) is 1.45. The van der Waals surface area contributed by atoms with E-state index in [-0.39, 0.29) is 0 Å². The van der Waals surface area contributed by atoms with Gasteiger partial charge in [-0.25, -0.2) is 0 Å². The van der Waals surface area contributed by atoms with Crippen LogP contribution in [0.5, 0.6) is 0 Å². The quantitative estimate of drug-likeness (QED) is 0.245. The van der Waals surface area contributed by atoms with E-state index in [1.54, 1.807) is 13.3 Å². The Bertz CT molecular complexity index is 23.5. The number of hydrogen-bond acceptors (Lipinski definition) is 4. The molecule has 6 heavy (non-hydrogen) atoms. The van der Waals surface area contributed by atoms with Gasteiger partial charge in [-0.3, -0.25) is 0 Å². The summed E-state index contributed by atoms with van der Waals surface area (Å²) < 4.78 is 4.29. The Balaban J connectivity index is 2.34. The summed E-state index contributed by atoms with van der Waals surface area (Å²) in [5, 5.41) is 0. The molecule has 0 heterocycles. The van der Waals surface area contributed by atoms with Crippen LogP contribution in [0.15, 0.2) is 0 Å². The van der Waals surface area contributed by atoms with Gasteiger partial charge in [0.15, 0.2) is 0 Å². The third-order valence-electron chi connectivity index (χ3n) is 0.185. The molecule has 0 unspecified atom stereocenters. The van der Waals surface area contributed by atoms with Gasteiger partial charge in [-0.1, -0.05) is 0 Å². The molecule has 0 amide bonds. The minimum atomic E-state index is 1.14. The fraction of sp³-hybridized carbons (Fsp3) is 1.00. The first-order chi connectivity index (χ1) is 2.91. The Kier molecular flexibility index (Phi) is 5.43. The van der Waals surface area contributed by atoms with E-state index in [1.165, 1.54) is 0 Å². The molecule has 0 atom stereocenters. The molecule has 0 rings (SSSR count). The molecule has 0 aromatic heterocycles. The summed E-state index contributed by atoms with van der Waals surface area (Å²) in [5.74, 6) is 0. The minimum absolute atomic E-state index is 1.14. The van der Waals surface area contributed by atoms with Gasteiger partial charge in [0.1, 0.15) is 0 Å². The fourth-order valence-corrected chi connectivity index (χ4v) is 0.204. The van der Waals surface area contributed by atoms with E-state index < -0.39 is 0 Å². The van der Waals surface area contributed by atoms with Crippen LogP contribution in [0.3, 0.4) is 0 Å². The van der Waals surface area contributed by atoms with E-state index in [9.17, 15) is 0 Å². The van der Waals surface area contributed by atoms with Gasteiger partial charge in [0.05, 0.1) is 0 Å². The second kappa shape index (κ2) is 5.23. The van der Waals surface area contributed by atoms with Crippen LogP contribution >= 0.6 is 12.0 Å². The maximum atomic E-state index is 4.29. The first kappa shape index (κ1) is 6.23. The summed E-state index contributed by atoms with van der Waals surface area (Å²) in [5.41, 5.74) is 2.33. The van der Waals surface area contributed by atoms with Crippen molar-refractivity contribution in [1.82, 2.24) is 5.48 Å². The standard InChI is InChI=1S/C2H7NO2S/c1-3-4-5-6-2/h3H,1-2H3.